The minimum absolute atomic E-state index is 0.170. The zero-order chi connectivity index (χ0) is 35.1. The average molecular weight is 689 g/mol. The van der Waals surface area contributed by atoms with E-state index < -0.39 is 32.7 Å². The largest absolute Gasteiger partial charge is 0.460 e. The minimum Gasteiger partial charge on any atom is -0.460 e. The molecule has 3 aliphatic rings. The van der Waals surface area contributed by atoms with Crippen LogP contribution >= 0.6 is 8.60 Å². The number of benzene rings is 1. The van der Waals surface area contributed by atoms with Crippen LogP contribution in [0.2, 0.25) is 0 Å². The molecule has 0 bridgehead atoms. The second-order valence-corrected chi connectivity index (χ2v) is 16.9. The fourth-order valence-electron chi connectivity index (χ4n) is 7.23. The molecule has 0 N–H and O–H groups in total. The summed E-state index contributed by atoms with van der Waals surface area (Å²) in [5.74, 6) is 1.20. The Hall–Kier alpha value is -2.06. The normalized spacial score (nSPS) is 30.7. The van der Waals surface area contributed by atoms with Gasteiger partial charge in [0, 0.05) is 26.0 Å². The molecule has 0 spiro atoms. The highest BCUT2D eigenvalue weighted by Gasteiger charge is 2.51. The lowest BCUT2D eigenvalue weighted by atomic mass is 9.75. The number of nitrogens with zero attached hydrogens (tertiary/aromatic N) is 2. The topological polar surface area (TPSA) is 95.9 Å². The van der Waals surface area contributed by atoms with Crippen LogP contribution in [-0.4, -0.2) is 69.3 Å². The standard InChI is InChI=1S/C38H61N2O7P/c1-23(2)30-17-11-26(7)19-33(30)44-37(41)35-36(38(42)45-34-20-27(8)12-18-31(34)24(3)4)47-48(46-35)43-22-32(25(5)6)39-21-28-13-15-29(16-14-28)40(9)10/h13-16,21,23-27,30-36H,11-12,17-20,22H2,1-10H3/t26-,27-,30+,31+,32+,33-,34-,35-,36-/m1/s1. The van der Waals surface area contributed by atoms with Gasteiger partial charge in [0.15, 0.2) is 0 Å². The summed E-state index contributed by atoms with van der Waals surface area (Å²) in [6.45, 7) is 17.5. The first-order chi connectivity index (χ1) is 22.7. The van der Waals surface area contributed by atoms with E-state index in [0.29, 0.717) is 23.7 Å². The Morgan fingerprint density at radius 3 is 1.73 bits per heavy atom. The Morgan fingerprint density at radius 2 is 1.31 bits per heavy atom. The Morgan fingerprint density at radius 1 is 0.833 bits per heavy atom. The molecule has 0 amide bonds. The van der Waals surface area contributed by atoms with Gasteiger partial charge in [0.2, 0.25) is 12.2 Å². The number of hydrogen-bond donors (Lipinski definition) is 0. The van der Waals surface area contributed by atoms with Crippen LogP contribution in [0.4, 0.5) is 5.69 Å². The second-order valence-electron chi connectivity index (χ2n) is 15.7. The van der Waals surface area contributed by atoms with Crippen LogP contribution in [0, 0.1) is 41.4 Å². The molecule has 3 fully saturated rings. The molecule has 9 atom stereocenters. The molecule has 48 heavy (non-hydrogen) atoms. The molecule has 1 aliphatic heterocycles. The zero-order valence-corrected chi connectivity index (χ0v) is 31.9. The maximum atomic E-state index is 13.8. The first kappa shape index (κ1) is 38.7. The van der Waals surface area contributed by atoms with Gasteiger partial charge in [-0.15, -0.1) is 0 Å². The van der Waals surface area contributed by atoms with Gasteiger partial charge in [-0.25, -0.2) is 9.59 Å². The van der Waals surface area contributed by atoms with Gasteiger partial charge in [-0.05, 0) is 84.8 Å². The first-order valence-corrected chi connectivity index (χ1v) is 19.3. The lowest BCUT2D eigenvalue weighted by molar-refractivity contribution is -0.176. The van der Waals surface area contributed by atoms with E-state index in [2.05, 4.69) is 72.4 Å². The maximum Gasteiger partial charge on any atom is 0.339 e. The number of ether oxygens (including phenoxy) is 2. The van der Waals surface area contributed by atoms with Crippen LogP contribution in [-0.2, 0) is 32.6 Å². The number of anilines is 1. The van der Waals surface area contributed by atoms with Crippen molar-refractivity contribution in [1.29, 1.82) is 0 Å². The van der Waals surface area contributed by atoms with E-state index in [1.807, 2.05) is 32.4 Å². The molecule has 1 saturated heterocycles. The molecule has 10 heteroatoms. The first-order valence-electron chi connectivity index (χ1n) is 18.2. The van der Waals surface area contributed by atoms with Crippen LogP contribution in [0.3, 0.4) is 0 Å². The van der Waals surface area contributed by atoms with Crippen molar-refractivity contribution in [1.82, 2.24) is 0 Å². The molecule has 4 rings (SSSR count). The smallest absolute Gasteiger partial charge is 0.339 e. The highest BCUT2D eigenvalue weighted by atomic mass is 31.2. The van der Waals surface area contributed by atoms with Gasteiger partial charge < -0.3 is 18.9 Å². The third-order valence-electron chi connectivity index (χ3n) is 10.5. The zero-order valence-electron chi connectivity index (χ0n) is 31.0. The molecule has 1 aromatic carbocycles. The Bertz CT molecular complexity index is 1150. The molecule has 0 radical (unpaired) electrons. The van der Waals surface area contributed by atoms with Crippen molar-refractivity contribution in [3.05, 3.63) is 29.8 Å². The fourth-order valence-corrected chi connectivity index (χ4v) is 8.44. The predicted molar refractivity (Wildman–Crippen MR) is 192 cm³/mol. The highest BCUT2D eigenvalue weighted by Crippen LogP contribution is 2.51. The minimum atomic E-state index is -2.01. The van der Waals surface area contributed by atoms with Crippen molar-refractivity contribution in [3.63, 3.8) is 0 Å². The molecular weight excluding hydrogens is 627 g/mol. The Balaban J connectivity index is 1.48. The van der Waals surface area contributed by atoms with Crippen LogP contribution < -0.4 is 4.90 Å². The monoisotopic (exact) mass is 688 g/mol. The van der Waals surface area contributed by atoms with E-state index in [1.54, 1.807) is 0 Å². The fraction of sp³-hybridized carbons (Fsp3) is 0.763. The van der Waals surface area contributed by atoms with Crippen LogP contribution in [0.1, 0.15) is 99.5 Å². The van der Waals surface area contributed by atoms with E-state index in [-0.39, 0.29) is 42.6 Å². The average Bonchev–Trinajstić information content (AvgIpc) is 3.45. The molecule has 1 aromatic rings. The van der Waals surface area contributed by atoms with Gasteiger partial charge in [0.05, 0.1) is 12.6 Å². The third-order valence-corrected chi connectivity index (χ3v) is 11.7. The van der Waals surface area contributed by atoms with Gasteiger partial charge in [-0.1, -0.05) is 80.4 Å². The van der Waals surface area contributed by atoms with Gasteiger partial charge in [-0.3, -0.25) is 14.0 Å². The van der Waals surface area contributed by atoms with Crippen molar-refractivity contribution in [2.24, 2.45) is 46.4 Å². The summed E-state index contributed by atoms with van der Waals surface area (Å²) in [5.41, 5.74) is 2.11. The summed E-state index contributed by atoms with van der Waals surface area (Å²) in [5, 5.41) is 0. The van der Waals surface area contributed by atoms with Crippen molar-refractivity contribution in [2.75, 3.05) is 25.6 Å². The van der Waals surface area contributed by atoms with Crippen molar-refractivity contribution >= 4 is 32.4 Å². The highest BCUT2D eigenvalue weighted by molar-refractivity contribution is 7.42. The summed E-state index contributed by atoms with van der Waals surface area (Å²) in [6, 6.07) is 7.99. The van der Waals surface area contributed by atoms with Crippen molar-refractivity contribution in [3.8, 4) is 0 Å². The number of aliphatic imine (C=N–C) groups is 1. The van der Waals surface area contributed by atoms with Crippen LogP contribution in [0.5, 0.6) is 0 Å². The lowest BCUT2D eigenvalue weighted by Gasteiger charge is -2.37. The molecule has 2 saturated carbocycles. The molecule has 9 nitrogen and oxygen atoms in total. The number of rotatable bonds is 13. The summed E-state index contributed by atoms with van der Waals surface area (Å²) >= 11 is 0. The summed E-state index contributed by atoms with van der Waals surface area (Å²) in [7, 11) is 2.01. The number of esters is 2. The van der Waals surface area contributed by atoms with E-state index in [9.17, 15) is 9.59 Å². The number of carbonyl (C=O) groups is 2. The van der Waals surface area contributed by atoms with Gasteiger partial charge in [0.25, 0.3) is 0 Å². The number of hydrogen-bond acceptors (Lipinski definition) is 9. The predicted octanol–water partition coefficient (Wildman–Crippen LogP) is 8.23. The molecule has 0 aromatic heterocycles. The van der Waals surface area contributed by atoms with Crippen LogP contribution in [0.25, 0.3) is 0 Å². The van der Waals surface area contributed by atoms with Crippen molar-refractivity contribution < 1.29 is 32.6 Å². The summed E-state index contributed by atoms with van der Waals surface area (Å²) < 4.78 is 30.7. The summed E-state index contributed by atoms with van der Waals surface area (Å²) in [4.78, 5) is 34.5. The second kappa shape index (κ2) is 17.7. The van der Waals surface area contributed by atoms with E-state index in [4.69, 9.17) is 28.0 Å². The van der Waals surface area contributed by atoms with Gasteiger partial charge in [0.1, 0.15) is 12.2 Å². The van der Waals surface area contributed by atoms with Gasteiger partial charge in [-0.2, -0.15) is 0 Å². The lowest BCUT2D eigenvalue weighted by Crippen LogP contribution is -2.45. The maximum absolute atomic E-state index is 13.8. The SMILES string of the molecule is CC(C)[C@H](COP1O[C@@H](C(=O)O[C@@H]2C[C@H](C)CC[C@H]2C(C)C)[C@H](C(=O)O[C@@H]2C[C@H](C)CC[C@H]2C(C)C)O1)N=Cc1ccc(N(C)C)cc1. The Labute approximate surface area is 290 Å². The van der Waals surface area contributed by atoms with Gasteiger partial charge >= 0.3 is 20.5 Å². The van der Waals surface area contributed by atoms with Crippen LogP contribution in [0.15, 0.2) is 29.3 Å². The summed E-state index contributed by atoms with van der Waals surface area (Å²) in [6.07, 6.45) is 4.74. The molecule has 270 valence electrons. The van der Waals surface area contributed by atoms with Crippen molar-refractivity contribution in [2.45, 2.75) is 124 Å². The van der Waals surface area contributed by atoms with E-state index in [1.165, 1.54) is 0 Å². The van der Waals surface area contributed by atoms with E-state index in [0.717, 1.165) is 49.8 Å². The Kier molecular flexibility index (Phi) is 14.3. The molecule has 2 aliphatic carbocycles. The molecular formula is C38H61N2O7P. The van der Waals surface area contributed by atoms with E-state index >= 15 is 0 Å². The number of carbonyl (C=O) groups excluding carboxylic acids is 2. The molecule has 0 unspecified atom stereocenters. The molecule has 1 heterocycles. The quantitative estimate of drug-likeness (QED) is 0.116. The third kappa shape index (κ3) is 10.5.